The lowest BCUT2D eigenvalue weighted by Gasteiger charge is -1.94. The number of nitrogens with one attached hydrogen (secondary N) is 1. The van der Waals surface area contributed by atoms with Crippen LogP contribution in [-0.4, -0.2) is 10.8 Å². The number of H-pyrrole nitrogens is 1. The van der Waals surface area contributed by atoms with Gasteiger partial charge in [0, 0.05) is 17.8 Å². The normalized spacial score (nSPS) is 10.8. The zero-order valence-corrected chi connectivity index (χ0v) is 8.02. The summed E-state index contributed by atoms with van der Waals surface area (Å²) >= 11 is 0. The van der Waals surface area contributed by atoms with Gasteiger partial charge in [-0.15, -0.1) is 0 Å². The van der Waals surface area contributed by atoms with E-state index in [0.717, 1.165) is 5.56 Å². The summed E-state index contributed by atoms with van der Waals surface area (Å²) in [6.45, 7) is 3.27. The number of carbonyl (C=O) groups is 1. The van der Waals surface area contributed by atoms with Crippen LogP contribution in [0.1, 0.15) is 23.0 Å². The molecule has 14 heavy (non-hydrogen) atoms. The van der Waals surface area contributed by atoms with E-state index in [1.54, 1.807) is 6.07 Å². The van der Waals surface area contributed by atoms with E-state index in [9.17, 15) is 9.18 Å². The Morgan fingerprint density at radius 1 is 1.36 bits per heavy atom. The predicted molar refractivity (Wildman–Crippen MR) is 53.0 cm³/mol. The Kier molecular flexibility index (Phi) is 1.88. The van der Waals surface area contributed by atoms with Crippen LogP contribution >= 0.6 is 0 Å². The Balaban J connectivity index is 2.76. The van der Waals surface area contributed by atoms with Gasteiger partial charge in [0.2, 0.25) is 0 Å². The Bertz CT molecular complexity index is 513. The number of halogens is 1. The number of benzene rings is 1. The standard InChI is InChI=1S/C11H10FNO/c1-6-3-9(12)8-5-10(7(2)14)13-11(8)4-6/h3-5,13H,1-2H3. The number of aromatic amines is 1. The molecule has 0 bridgehead atoms. The molecule has 0 aliphatic heterocycles. The van der Waals surface area contributed by atoms with Gasteiger partial charge < -0.3 is 4.98 Å². The molecule has 0 atom stereocenters. The highest BCUT2D eigenvalue weighted by Crippen LogP contribution is 2.20. The van der Waals surface area contributed by atoms with Gasteiger partial charge in [0.25, 0.3) is 0 Å². The fraction of sp³-hybridized carbons (Fsp3) is 0.182. The molecule has 2 nitrogen and oxygen atoms in total. The maximum Gasteiger partial charge on any atom is 0.175 e. The van der Waals surface area contributed by atoms with Crippen LogP contribution in [0.3, 0.4) is 0 Å². The van der Waals surface area contributed by atoms with E-state index < -0.39 is 0 Å². The largest absolute Gasteiger partial charge is 0.352 e. The van der Waals surface area contributed by atoms with Crippen molar-refractivity contribution in [3.8, 4) is 0 Å². The quantitative estimate of drug-likeness (QED) is 0.691. The number of fused-ring (bicyclic) bond motifs is 1. The van der Waals surface area contributed by atoms with Gasteiger partial charge in [-0.2, -0.15) is 0 Å². The number of carbonyl (C=O) groups excluding carboxylic acids is 1. The molecule has 0 unspecified atom stereocenters. The molecule has 0 spiro atoms. The average Bonchev–Trinajstić information content (AvgIpc) is 2.47. The molecule has 0 saturated carbocycles. The molecule has 0 fully saturated rings. The third kappa shape index (κ3) is 1.31. The van der Waals surface area contributed by atoms with Crippen molar-refractivity contribution in [3.05, 3.63) is 35.3 Å². The van der Waals surface area contributed by atoms with Crippen molar-refractivity contribution in [2.75, 3.05) is 0 Å². The van der Waals surface area contributed by atoms with E-state index in [4.69, 9.17) is 0 Å². The first-order chi connectivity index (χ1) is 6.58. The van der Waals surface area contributed by atoms with Crippen molar-refractivity contribution in [3.63, 3.8) is 0 Å². The van der Waals surface area contributed by atoms with Crippen molar-refractivity contribution >= 4 is 16.7 Å². The van der Waals surface area contributed by atoms with E-state index in [1.165, 1.54) is 13.0 Å². The second kappa shape index (κ2) is 2.94. The fourth-order valence-corrected chi connectivity index (χ4v) is 1.52. The van der Waals surface area contributed by atoms with Crippen LogP contribution in [0, 0.1) is 12.7 Å². The van der Waals surface area contributed by atoms with Crippen LogP contribution in [0.15, 0.2) is 18.2 Å². The van der Waals surface area contributed by atoms with Gasteiger partial charge in [0.05, 0.1) is 5.69 Å². The number of hydrogen-bond acceptors (Lipinski definition) is 1. The van der Waals surface area contributed by atoms with Crippen LogP contribution in [0.25, 0.3) is 10.9 Å². The zero-order valence-electron chi connectivity index (χ0n) is 8.02. The Morgan fingerprint density at radius 3 is 2.71 bits per heavy atom. The van der Waals surface area contributed by atoms with Gasteiger partial charge in [-0.3, -0.25) is 4.79 Å². The molecular formula is C11H10FNO. The maximum atomic E-state index is 13.4. The third-order valence-electron chi connectivity index (χ3n) is 2.21. The summed E-state index contributed by atoms with van der Waals surface area (Å²) in [5.41, 5.74) is 1.96. The Labute approximate surface area is 80.7 Å². The molecule has 1 aromatic heterocycles. The molecule has 0 amide bonds. The molecule has 0 aliphatic rings. The molecule has 1 aromatic carbocycles. The summed E-state index contributed by atoms with van der Waals surface area (Å²) < 4.78 is 13.4. The number of Topliss-reactive ketones (excluding diaryl/α,β-unsaturated/α-hetero) is 1. The van der Waals surface area contributed by atoms with Gasteiger partial charge in [-0.1, -0.05) is 0 Å². The van der Waals surface area contributed by atoms with Crippen LogP contribution in [-0.2, 0) is 0 Å². The van der Waals surface area contributed by atoms with E-state index in [-0.39, 0.29) is 11.6 Å². The van der Waals surface area contributed by atoms with Crippen molar-refractivity contribution in [1.29, 1.82) is 0 Å². The number of hydrogen-bond donors (Lipinski definition) is 1. The van der Waals surface area contributed by atoms with Gasteiger partial charge in [-0.05, 0) is 30.7 Å². The SMILES string of the molecule is CC(=O)c1cc2c(F)cc(C)cc2[nH]1. The summed E-state index contributed by atoms with van der Waals surface area (Å²) in [6.07, 6.45) is 0. The highest BCUT2D eigenvalue weighted by molar-refractivity contribution is 5.98. The Hall–Kier alpha value is -1.64. The number of rotatable bonds is 1. The van der Waals surface area contributed by atoms with Gasteiger partial charge in [-0.25, -0.2) is 4.39 Å². The average molecular weight is 191 g/mol. The maximum absolute atomic E-state index is 13.4. The molecule has 2 rings (SSSR count). The minimum atomic E-state index is -0.288. The summed E-state index contributed by atoms with van der Waals surface area (Å²) in [5.74, 6) is -0.373. The van der Waals surface area contributed by atoms with Crippen molar-refractivity contribution in [2.24, 2.45) is 0 Å². The van der Waals surface area contributed by atoms with E-state index in [0.29, 0.717) is 16.6 Å². The first kappa shape index (κ1) is 8.94. The lowest BCUT2D eigenvalue weighted by Crippen LogP contribution is -1.89. The minimum Gasteiger partial charge on any atom is -0.352 e. The van der Waals surface area contributed by atoms with Gasteiger partial charge in [0.1, 0.15) is 5.82 Å². The van der Waals surface area contributed by atoms with Crippen LogP contribution < -0.4 is 0 Å². The lowest BCUT2D eigenvalue weighted by molar-refractivity contribution is 0.101. The smallest absolute Gasteiger partial charge is 0.175 e. The topological polar surface area (TPSA) is 32.9 Å². The number of ketones is 1. The van der Waals surface area contributed by atoms with Crippen molar-refractivity contribution < 1.29 is 9.18 Å². The molecule has 0 aliphatic carbocycles. The second-order valence-corrected chi connectivity index (χ2v) is 3.45. The summed E-state index contributed by atoms with van der Waals surface area (Å²) in [4.78, 5) is 13.9. The van der Waals surface area contributed by atoms with Gasteiger partial charge >= 0.3 is 0 Å². The predicted octanol–water partition coefficient (Wildman–Crippen LogP) is 2.82. The minimum absolute atomic E-state index is 0.0850. The summed E-state index contributed by atoms with van der Waals surface area (Å²) in [6, 6.07) is 4.83. The molecule has 3 heteroatoms. The Morgan fingerprint density at radius 2 is 2.07 bits per heavy atom. The summed E-state index contributed by atoms with van der Waals surface area (Å²) in [5, 5.41) is 0.473. The first-order valence-electron chi connectivity index (χ1n) is 4.38. The molecular weight excluding hydrogens is 181 g/mol. The van der Waals surface area contributed by atoms with Gasteiger partial charge in [0.15, 0.2) is 5.78 Å². The van der Waals surface area contributed by atoms with Crippen LogP contribution in [0.5, 0.6) is 0 Å². The van der Waals surface area contributed by atoms with E-state index in [1.807, 2.05) is 13.0 Å². The monoisotopic (exact) mass is 191 g/mol. The first-order valence-corrected chi connectivity index (χ1v) is 4.38. The van der Waals surface area contributed by atoms with E-state index >= 15 is 0 Å². The summed E-state index contributed by atoms with van der Waals surface area (Å²) in [7, 11) is 0. The number of aromatic nitrogens is 1. The van der Waals surface area contributed by atoms with Crippen LogP contribution in [0.2, 0.25) is 0 Å². The molecule has 1 N–H and O–H groups in total. The molecule has 2 aromatic rings. The van der Waals surface area contributed by atoms with Crippen molar-refractivity contribution in [2.45, 2.75) is 13.8 Å². The molecule has 72 valence electrons. The lowest BCUT2D eigenvalue weighted by atomic mass is 10.2. The second-order valence-electron chi connectivity index (χ2n) is 3.45. The van der Waals surface area contributed by atoms with E-state index in [2.05, 4.69) is 4.98 Å². The highest BCUT2D eigenvalue weighted by atomic mass is 19.1. The third-order valence-corrected chi connectivity index (χ3v) is 2.21. The molecule has 1 heterocycles. The van der Waals surface area contributed by atoms with Crippen LogP contribution in [0.4, 0.5) is 4.39 Å². The van der Waals surface area contributed by atoms with Crippen molar-refractivity contribution in [1.82, 2.24) is 4.98 Å². The zero-order chi connectivity index (χ0) is 10.3. The highest BCUT2D eigenvalue weighted by Gasteiger charge is 2.08. The molecule has 0 radical (unpaired) electrons. The molecule has 0 saturated heterocycles. The number of aryl methyl sites for hydroxylation is 1. The fourth-order valence-electron chi connectivity index (χ4n) is 1.52.